The summed E-state index contributed by atoms with van der Waals surface area (Å²) in [6.07, 6.45) is -2.47. The van der Waals surface area contributed by atoms with Gasteiger partial charge in [-0.3, -0.25) is 0 Å². The van der Waals surface area contributed by atoms with E-state index in [4.69, 9.17) is 11.6 Å². The summed E-state index contributed by atoms with van der Waals surface area (Å²) in [7, 11) is 0. The molecule has 1 aliphatic rings. The van der Waals surface area contributed by atoms with E-state index in [2.05, 4.69) is 4.98 Å². The Hall–Kier alpha value is -1.27. The van der Waals surface area contributed by atoms with Crippen molar-refractivity contribution in [3.8, 4) is 0 Å². The summed E-state index contributed by atoms with van der Waals surface area (Å²) in [4.78, 5) is 5.99. The second kappa shape index (κ2) is 5.50. The Kier molecular flexibility index (Phi) is 3.84. The predicted octanol–water partition coefficient (Wildman–Crippen LogP) is 4.98. The van der Waals surface area contributed by atoms with Crippen molar-refractivity contribution >= 4 is 28.8 Å². The van der Waals surface area contributed by atoms with Crippen molar-refractivity contribution in [1.82, 2.24) is 4.98 Å². The van der Waals surface area contributed by atoms with Crippen LogP contribution < -0.4 is 4.90 Å². The Balaban J connectivity index is 1.94. The van der Waals surface area contributed by atoms with Gasteiger partial charge in [-0.25, -0.2) is 4.98 Å². The molecule has 2 nitrogen and oxygen atoms in total. The number of nitrogens with zero attached hydrogens (tertiary/aromatic N) is 2. The van der Waals surface area contributed by atoms with E-state index in [1.54, 1.807) is 11.3 Å². The maximum atomic E-state index is 12.9. The van der Waals surface area contributed by atoms with Crippen LogP contribution >= 0.6 is 22.9 Å². The second-order valence-electron chi connectivity index (χ2n) is 5.03. The average molecular weight is 333 g/mol. The molecular weight excluding hydrogens is 321 g/mol. The Morgan fingerprint density at radius 2 is 2.10 bits per heavy atom. The number of alkyl halides is 3. The fraction of sp³-hybridized carbons (Fsp3) is 0.357. The molecule has 0 aromatic carbocycles. The summed E-state index contributed by atoms with van der Waals surface area (Å²) in [6, 6.07) is 4.16. The van der Waals surface area contributed by atoms with Gasteiger partial charge in [0.15, 0.2) is 0 Å². The first-order valence-corrected chi connectivity index (χ1v) is 7.78. The summed E-state index contributed by atoms with van der Waals surface area (Å²) in [6.45, 7) is 0.554. The Morgan fingerprint density at radius 3 is 2.67 bits per heavy atom. The highest BCUT2D eigenvalue weighted by atomic mass is 35.5. The molecule has 2 aromatic rings. The quantitative estimate of drug-likeness (QED) is 0.734. The van der Waals surface area contributed by atoms with Gasteiger partial charge in [0.25, 0.3) is 0 Å². The molecule has 1 saturated carbocycles. The van der Waals surface area contributed by atoms with Crippen LogP contribution in [0.3, 0.4) is 0 Å². The number of aromatic nitrogens is 1. The van der Waals surface area contributed by atoms with Gasteiger partial charge in [0, 0.05) is 12.6 Å². The van der Waals surface area contributed by atoms with Crippen LogP contribution in [0.15, 0.2) is 29.0 Å². The zero-order chi connectivity index (χ0) is 15.0. The van der Waals surface area contributed by atoms with Crippen molar-refractivity contribution in [2.75, 3.05) is 4.90 Å². The van der Waals surface area contributed by atoms with Crippen molar-refractivity contribution in [1.29, 1.82) is 0 Å². The number of thiophene rings is 1. The first-order chi connectivity index (χ1) is 9.93. The highest BCUT2D eigenvalue weighted by Crippen LogP contribution is 2.37. The van der Waals surface area contributed by atoms with E-state index >= 15 is 0 Å². The van der Waals surface area contributed by atoms with Crippen LogP contribution in [0.5, 0.6) is 0 Å². The van der Waals surface area contributed by atoms with Gasteiger partial charge in [-0.15, -0.1) is 0 Å². The Bertz CT molecular complexity index is 624. The van der Waals surface area contributed by atoms with Crippen molar-refractivity contribution in [3.63, 3.8) is 0 Å². The number of hydrogen-bond donors (Lipinski definition) is 0. The second-order valence-corrected chi connectivity index (χ2v) is 6.19. The minimum absolute atomic E-state index is 0.129. The summed E-state index contributed by atoms with van der Waals surface area (Å²) < 4.78 is 38.7. The molecule has 0 bridgehead atoms. The van der Waals surface area contributed by atoms with Crippen LogP contribution in [0, 0.1) is 0 Å². The van der Waals surface area contributed by atoms with E-state index < -0.39 is 11.7 Å². The lowest BCUT2D eigenvalue weighted by Crippen LogP contribution is -2.26. The maximum Gasteiger partial charge on any atom is 0.416 e. The van der Waals surface area contributed by atoms with Gasteiger partial charge in [0.05, 0.1) is 5.56 Å². The third-order valence-electron chi connectivity index (χ3n) is 3.32. The zero-order valence-electron chi connectivity index (χ0n) is 10.9. The summed E-state index contributed by atoms with van der Waals surface area (Å²) in [5.41, 5.74) is 0.315. The normalized spacial score (nSPS) is 15.2. The Labute approximate surface area is 129 Å². The molecule has 112 valence electrons. The van der Waals surface area contributed by atoms with Gasteiger partial charge in [-0.2, -0.15) is 24.5 Å². The molecule has 1 fully saturated rings. The number of rotatable bonds is 4. The highest BCUT2D eigenvalue weighted by molar-refractivity contribution is 7.07. The maximum absolute atomic E-state index is 12.9. The van der Waals surface area contributed by atoms with Gasteiger partial charge >= 0.3 is 6.18 Å². The van der Waals surface area contributed by atoms with Crippen molar-refractivity contribution in [2.24, 2.45) is 0 Å². The third-order valence-corrected chi connectivity index (χ3v) is 4.25. The number of anilines is 1. The molecule has 3 rings (SSSR count). The van der Waals surface area contributed by atoms with E-state index in [-0.39, 0.29) is 11.2 Å². The Morgan fingerprint density at radius 1 is 1.33 bits per heavy atom. The molecule has 7 heteroatoms. The molecule has 0 amide bonds. The fourth-order valence-electron chi connectivity index (χ4n) is 2.16. The van der Waals surface area contributed by atoms with Gasteiger partial charge in [-0.1, -0.05) is 11.6 Å². The summed E-state index contributed by atoms with van der Waals surface area (Å²) in [5, 5.41) is 3.81. The van der Waals surface area contributed by atoms with Gasteiger partial charge < -0.3 is 4.90 Å². The van der Waals surface area contributed by atoms with E-state index in [9.17, 15) is 13.2 Å². The molecule has 0 saturated heterocycles. The number of hydrogen-bond acceptors (Lipinski definition) is 3. The van der Waals surface area contributed by atoms with E-state index in [1.807, 2.05) is 21.7 Å². The molecule has 0 aliphatic heterocycles. The largest absolute Gasteiger partial charge is 0.416 e. The van der Waals surface area contributed by atoms with Crippen LogP contribution in [-0.4, -0.2) is 11.0 Å². The number of pyridine rings is 1. The summed E-state index contributed by atoms with van der Waals surface area (Å²) in [5.74, 6) is 0.295. The number of halogens is 4. The monoisotopic (exact) mass is 332 g/mol. The smallest absolute Gasteiger partial charge is 0.349 e. The summed E-state index contributed by atoms with van der Waals surface area (Å²) >= 11 is 7.34. The molecular formula is C14H12ClF3N2S. The molecule has 0 unspecified atom stereocenters. The minimum atomic E-state index is -4.42. The third kappa shape index (κ3) is 3.49. The van der Waals surface area contributed by atoms with Crippen LogP contribution in [-0.2, 0) is 12.7 Å². The predicted molar refractivity (Wildman–Crippen MR) is 77.8 cm³/mol. The molecule has 21 heavy (non-hydrogen) atoms. The van der Waals surface area contributed by atoms with Crippen LogP contribution in [0.1, 0.15) is 24.0 Å². The standard InChI is InChI=1S/C14H12ClF3N2S/c15-12-5-10(14(16,17)18)6-13(19-12)20(11-1-2-11)7-9-3-4-21-8-9/h3-6,8,11H,1-2,7H2. The lowest BCUT2D eigenvalue weighted by molar-refractivity contribution is -0.137. The van der Waals surface area contributed by atoms with E-state index in [1.165, 1.54) is 0 Å². The van der Waals surface area contributed by atoms with Crippen molar-refractivity contribution < 1.29 is 13.2 Å². The molecule has 0 N–H and O–H groups in total. The van der Waals surface area contributed by atoms with Gasteiger partial charge in [0.1, 0.15) is 11.0 Å². The van der Waals surface area contributed by atoms with Crippen LogP contribution in [0.2, 0.25) is 5.15 Å². The molecule has 0 radical (unpaired) electrons. The zero-order valence-corrected chi connectivity index (χ0v) is 12.5. The molecule has 0 spiro atoms. The lowest BCUT2D eigenvalue weighted by atomic mass is 10.2. The van der Waals surface area contributed by atoms with Gasteiger partial charge in [0.2, 0.25) is 0 Å². The topological polar surface area (TPSA) is 16.1 Å². The molecule has 2 heterocycles. The lowest BCUT2D eigenvalue weighted by Gasteiger charge is -2.24. The minimum Gasteiger partial charge on any atom is -0.349 e. The van der Waals surface area contributed by atoms with Crippen molar-refractivity contribution in [3.05, 3.63) is 45.2 Å². The van der Waals surface area contributed by atoms with Crippen LogP contribution in [0.4, 0.5) is 19.0 Å². The van der Waals surface area contributed by atoms with Crippen molar-refractivity contribution in [2.45, 2.75) is 31.6 Å². The van der Waals surface area contributed by atoms with Gasteiger partial charge in [-0.05, 0) is 47.4 Å². The fourth-order valence-corrected chi connectivity index (χ4v) is 3.02. The SMILES string of the molecule is FC(F)(F)c1cc(Cl)nc(N(Cc2ccsc2)C2CC2)c1. The first-order valence-electron chi connectivity index (χ1n) is 6.46. The first kappa shape index (κ1) is 14.7. The molecule has 0 atom stereocenters. The molecule has 2 aromatic heterocycles. The van der Waals surface area contributed by atoms with E-state index in [0.717, 1.165) is 30.5 Å². The average Bonchev–Trinajstić information content (AvgIpc) is 3.11. The van der Waals surface area contributed by atoms with E-state index in [0.29, 0.717) is 12.4 Å². The van der Waals surface area contributed by atoms with Crippen LogP contribution in [0.25, 0.3) is 0 Å². The molecule has 1 aliphatic carbocycles. The highest BCUT2D eigenvalue weighted by Gasteiger charge is 2.35.